The van der Waals surface area contributed by atoms with E-state index in [1.165, 1.54) is 23.3 Å². The molecule has 0 radical (unpaired) electrons. The highest BCUT2D eigenvalue weighted by Gasteiger charge is 2.34. The summed E-state index contributed by atoms with van der Waals surface area (Å²) in [6.07, 6.45) is 3.80. The first-order chi connectivity index (χ1) is 9.78. The maximum absolute atomic E-state index is 5.99. The summed E-state index contributed by atoms with van der Waals surface area (Å²) in [5, 5.41) is 6.85. The third-order valence-corrected chi connectivity index (χ3v) is 5.21. The van der Waals surface area contributed by atoms with Crippen molar-refractivity contribution in [1.82, 2.24) is 5.32 Å². The molecule has 2 atom stereocenters. The van der Waals surface area contributed by atoms with E-state index in [0.717, 1.165) is 17.4 Å². The molecule has 3 rings (SSSR count). The molecule has 0 bridgehead atoms. The molecule has 1 aliphatic carbocycles. The second-order valence-corrected chi connectivity index (χ2v) is 6.93. The van der Waals surface area contributed by atoms with Crippen molar-refractivity contribution in [1.29, 1.82) is 0 Å². The molecule has 1 saturated carbocycles. The normalized spacial score (nSPS) is 17.9. The number of thiophene rings is 1. The quantitative estimate of drug-likeness (QED) is 0.733. The van der Waals surface area contributed by atoms with Crippen molar-refractivity contribution in [2.24, 2.45) is 5.92 Å². The van der Waals surface area contributed by atoms with E-state index in [9.17, 15) is 0 Å². The van der Waals surface area contributed by atoms with Crippen molar-refractivity contribution in [2.75, 3.05) is 0 Å². The average Bonchev–Trinajstić information content (AvgIpc) is 3.16. The van der Waals surface area contributed by atoms with Gasteiger partial charge in [0.15, 0.2) is 0 Å². The van der Waals surface area contributed by atoms with E-state index in [4.69, 9.17) is 11.6 Å². The second kappa shape index (κ2) is 6.30. The molecule has 1 fully saturated rings. The van der Waals surface area contributed by atoms with Crippen LogP contribution < -0.4 is 5.32 Å². The summed E-state index contributed by atoms with van der Waals surface area (Å²) >= 11 is 7.85. The molecule has 1 heterocycles. The molecule has 1 aliphatic rings. The van der Waals surface area contributed by atoms with Crippen molar-refractivity contribution in [2.45, 2.75) is 38.3 Å². The molecule has 0 amide bonds. The van der Waals surface area contributed by atoms with Gasteiger partial charge >= 0.3 is 0 Å². The van der Waals surface area contributed by atoms with E-state index in [1.807, 2.05) is 23.5 Å². The molecule has 106 valence electrons. The van der Waals surface area contributed by atoms with Crippen molar-refractivity contribution < 1.29 is 0 Å². The second-order valence-electron chi connectivity index (χ2n) is 5.51. The zero-order valence-corrected chi connectivity index (χ0v) is 13.3. The van der Waals surface area contributed by atoms with Gasteiger partial charge in [-0.15, -0.1) is 11.3 Å². The van der Waals surface area contributed by atoms with Gasteiger partial charge in [0.25, 0.3) is 0 Å². The zero-order chi connectivity index (χ0) is 13.9. The van der Waals surface area contributed by atoms with Crippen molar-refractivity contribution >= 4 is 22.9 Å². The SMILES string of the molecule is CCC(NC(c1cccs1)C1CC1)c1ccc(Cl)cc1. The van der Waals surface area contributed by atoms with Crippen LogP contribution >= 0.6 is 22.9 Å². The van der Waals surface area contributed by atoms with Gasteiger partial charge in [0.1, 0.15) is 0 Å². The maximum Gasteiger partial charge on any atom is 0.0448 e. The molecule has 1 aromatic heterocycles. The summed E-state index contributed by atoms with van der Waals surface area (Å²) in [5.74, 6) is 0.815. The van der Waals surface area contributed by atoms with Gasteiger partial charge in [-0.2, -0.15) is 0 Å². The molecule has 1 N–H and O–H groups in total. The monoisotopic (exact) mass is 305 g/mol. The van der Waals surface area contributed by atoms with Crippen LogP contribution in [0.5, 0.6) is 0 Å². The van der Waals surface area contributed by atoms with Crippen LogP contribution in [0.4, 0.5) is 0 Å². The lowest BCUT2D eigenvalue weighted by Crippen LogP contribution is -2.27. The fourth-order valence-corrected chi connectivity index (χ4v) is 3.71. The Morgan fingerprint density at radius 3 is 2.55 bits per heavy atom. The molecular formula is C17H20ClNS. The molecular weight excluding hydrogens is 286 g/mol. The summed E-state index contributed by atoms with van der Waals surface area (Å²) in [6, 6.07) is 13.6. The molecule has 1 aromatic carbocycles. The highest BCUT2D eigenvalue weighted by atomic mass is 35.5. The fourth-order valence-electron chi connectivity index (χ4n) is 2.71. The predicted octanol–water partition coefficient (Wildman–Crippen LogP) is 5.59. The summed E-state index contributed by atoms with van der Waals surface area (Å²) < 4.78 is 0. The molecule has 2 unspecified atom stereocenters. The molecule has 3 heteroatoms. The Labute approximate surface area is 130 Å². The lowest BCUT2D eigenvalue weighted by atomic mass is 10.0. The number of nitrogens with one attached hydrogen (secondary N) is 1. The van der Waals surface area contributed by atoms with Gasteiger partial charge < -0.3 is 5.32 Å². The summed E-state index contributed by atoms with van der Waals surface area (Å²) in [7, 11) is 0. The van der Waals surface area contributed by atoms with Crippen LogP contribution in [0, 0.1) is 5.92 Å². The first-order valence-electron chi connectivity index (χ1n) is 7.33. The highest BCUT2D eigenvalue weighted by Crippen LogP contribution is 2.43. The number of hydrogen-bond donors (Lipinski definition) is 1. The third kappa shape index (κ3) is 3.25. The summed E-state index contributed by atoms with van der Waals surface area (Å²) in [4.78, 5) is 1.47. The van der Waals surface area contributed by atoms with Crippen molar-refractivity contribution in [3.63, 3.8) is 0 Å². The summed E-state index contributed by atoms with van der Waals surface area (Å²) in [6.45, 7) is 2.24. The minimum absolute atomic E-state index is 0.403. The molecule has 2 aromatic rings. The van der Waals surface area contributed by atoms with Crippen LogP contribution in [-0.4, -0.2) is 0 Å². The number of hydrogen-bond acceptors (Lipinski definition) is 2. The first-order valence-corrected chi connectivity index (χ1v) is 8.58. The van der Waals surface area contributed by atoms with E-state index in [0.29, 0.717) is 12.1 Å². The Kier molecular flexibility index (Phi) is 4.45. The largest absolute Gasteiger partial charge is 0.302 e. The molecule has 0 aliphatic heterocycles. The number of rotatable bonds is 6. The van der Waals surface area contributed by atoms with Crippen LogP contribution in [0.15, 0.2) is 41.8 Å². The van der Waals surface area contributed by atoms with Gasteiger partial charge in [0, 0.05) is 22.0 Å². The zero-order valence-electron chi connectivity index (χ0n) is 11.7. The smallest absolute Gasteiger partial charge is 0.0448 e. The van der Waals surface area contributed by atoms with E-state index >= 15 is 0 Å². The first kappa shape index (κ1) is 14.1. The predicted molar refractivity (Wildman–Crippen MR) is 87.4 cm³/mol. The van der Waals surface area contributed by atoms with Crippen LogP contribution in [0.3, 0.4) is 0 Å². The minimum Gasteiger partial charge on any atom is -0.302 e. The van der Waals surface area contributed by atoms with E-state index in [1.54, 1.807) is 0 Å². The van der Waals surface area contributed by atoms with Gasteiger partial charge in [-0.1, -0.05) is 36.7 Å². The molecule has 1 nitrogen and oxygen atoms in total. The topological polar surface area (TPSA) is 12.0 Å². The van der Waals surface area contributed by atoms with Gasteiger partial charge in [-0.3, -0.25) is 0 Å². The van der Waals surface area contributed by atoms with Gasteiger partial charge in [-0.25, -0.2) is 0 Å². The van der Waals surface area contributed by atoms with Crippen molar-refractivity contribution in [3.05, 3.63) is 57.2 Å². The maximum atomic E-state index is 5.99. The van der Waals surface area contributed by atoms with Crippen LogP contribution in [0.25, 0.3) is 0 Å². The number of benzene rings is 1. The molecule has 0 spiro atoms. The Morgan fingerprint density at radius 1 is 1.25 bits per heavy atom. The minimum atomic E-state index is 0.403. The Morgan fingerprint density at radius 2 is 2.00 bits per heavy atom. The van der Waals surface area contributed by atoms with Crippen molar-refractivity contribution in [3.8, 4) is 0 Å². The van der Waals surface area contributed by atoms with Gasteiger partial charge in [0.2, 0.25) is 0 Å². The molecule has 20 heavy (non-hydrogen) atoms. The Balaban J connectivity index is 1.77. The third-order valence-electron chi connectivity index (χ3n) is 4.00. The lowest BCUT2D eigenvalue weighted by molar-refractivity contribution is 0.406. The lowest BCUT2D eigenvalue weighted by Gasteiger charge is -2.25. The van der Waals surface area contributed by atoms with Gasteiger partial charge in [-0.05, 0) is 54.3 Å². The van der Waals surface area contributed by atoms with E-state index in [2.05, 4.69) is 41.9 Å². The summed E-state index contributed by atoms with van der Waals surface area (Å²) in [5.41, 5.74) is 1.33. The highest BCUT2D eigenvalue weighted by molar-refractivity contribution is 7.10. The Bertz CT molecular complexity index is 531. The van der Waals surface area contributed by atoms with Crippen LogP contribution in [0.2, 0.25) is 5.02 Å². The fraction of sp³-hybridized carbons (Fsp3) is 0.412. The van der Waals surface area contributed by atoms with Gasteiger partial charge in [0.05, 0.1) is 0 Å². The van der Waals surface area contributed by atoms with E-state index in [-0.39, 0.29) is 0 Å². The standard InChI is InChI=1S/C17H20ClNS/c1-2-15(12-7-9-14(18)10-8-12)19-17(13-5-6-13)16-4-3-11-20-16/h3-4,7-11,13,15,17,19H,2,5-6H2,1H3. The molecule has 0 saturated heterocycles. The van der Waals surface area contributed by atoms with E-state index < -0.39 is 0 Å². The number of halogens is 1. The van der Waals surface area contributed by atoms with Crippen LogP contribution in [-0.2, 0) is 0 Å². The average molecular weight is 306 g/mol. The Hall–Kier alpha value is -0.830. The van der Waals surface area contributed by atoms with Crippen LogP contribution in [0.1, 0.15) is 48.7 Å².